The number of hydrogen-bond acceptors (Lipinski definition) is 3. The van der Waals surface area contributed by atoms with Crippen molar-refractivity contribution in [3.05, 3.63) is 63.3 Å². The van der Waals surface area contributed by atoms with Gasteiger partial charge in [0.1, 0.15) is 17.9 Å². The van der Waals surface area contributed by atoms with Crippen LogP contribution in [0.3, 0.4) is 0 Å². The van der Waals surface area contributed by atoms with E-state index in [9.17, 15) is 9.59 Å². The summed E-state index contributed by atoms with van der Waals surface area (Å²) in [5.41, 5.74) is 4.17. The molecule has 0 saturated heterocycles. The summed E-state index contributed by atoms with van der Waals surface area (Å²) in [4.78, 5) is 24.8. The fourth-order valence-electron chi connectivity index (χ4n) is 3.04. The second-order valence-corrected chi connectivity index (χ2v) is 6.10. The van der Waals surface area contributed by atoms with Crippen molar-refractivity contribution in [3.63, 3.8) is 0 Å². The van der Waals surface area contributed by atoms with Gasteiger partial charge in [0.2, 0.25) is 5.91 Å². The molecule has 6 heteroatoms. The highest BCUT2D eigenvalue weighted by atomic mass is 16.2. The third-order valence-corrected chi connectivity index (χ3v) is 4.05. The molecule has 3 aromatic rings. The number of rotatable bonds is 3. The summed E-state index contributed by atoms with van der Waals surface area (Å²) in [5, 5.41) is 7.12. The summed E-state index contributed by atoms with van der Waals surface area (Å²) in [6.45, 7) is 7.61. The number of aryl methyl sites for hydroxylation is 4. The van der Waals surface area contributed by atoms with Crippen molar-refractivity contribution in [1.82, 2.24) is 14.2 Å². The highest BCUT2D eigenvalue weighted by Gasteiger charge is 2.13. The maximum Gasteiger partial charge on any atom is 0.291 e. The molecule has 0 atom stereocenters. The summed E-state index contributed by atoms with van der Waals surface area (Å²) in [6.07, 6.45) is 1.78. The van der Waals surface area contributed by atoms with Crippen molar-refractivity contribution < 1.29 is 4.79 Å². The van der Waals surface area contributed by atoms with Gasteiger partial charge in [0.05, 0.1) is 0 Å². The molecule has 0 aliphatic heterocycles. The molecule has 2 aromatic heterocycles. The zero-order chi connectivity index (χ0) is 17.4. The maximum absolute atomic E-state index is 12.4. The van der Waals surface area contributed by atoms with E-state index in [0.717, 1.165) is 22.4 Å². The lowest BCUT2D eigenvalue weighted by Crippen LogP contribution is -2.31. The number of nitrogens with zero attached hydrogens (tertiary/aromatic N) is 3. The quantitative estimate of drug-likeness (QED) is 0.804. The first-order valence-electron chi connectivity index (χ1n) is 7.79. The number of nitrogens with one attached hydrogen (secondary N) is 1. The number of hydrogen-bond donors (Lipinski definition) is 1. The van der Waals surface area contributed by atoms with Gasteiger partial charge in [0.15, 0.2) is 0 Å². The average molecular weight is 324 g/mol. The van der Waals surface area contributed by atoms with Gasteiger partial charge in [-0.2, -0.15) is 5.10 Å². The zero-order valence-electron chi connectivity index (χ0n) is 14.3. The summed E-state index contributed by atoms with van der Waals surface area (Å²) in [5.74, 6) is 0.389. The van der Waals surface area contributed by atoms with Crippen molar-refractivity contribution in [2.75, 3.05) is 5.32 Å². The Morgan fingerprint density at radius 3 is 2.50 bits per heavy atom. The van der Waals surface area contributed by atoms with Gasteiger partial charge in [-0.05, 0) is 51.0 Å². The van der Waals surface area contributed by atoms with E-state index in [0.29, 0.717) is 11.3 Å². The third kappa shape index (κ3) is 2.82. The van der Waals surface area contributed by atoms with Crippen molar-refractivity contribution in [1.29, 1.82) is 0 Å². The predicted octanol–water partition coefficient (Wildman–Crippen LogP) is 2.37. The Morgan fingerprint density at radius 1 is 1.17 bits per heavy atom. The molecular weight excluding hydrogens is 304 g/mol. The molecule has 0 aliphatic rings. The number of fused-ring (bicyclic) bond motifs is 1. The summed E-state index contributed by atoms with van der Waals surface area (Å²) in [6, 6.07) is 7.54. The summed E-state index contributed by atoms with van der Waals surface area (Å²) in [7, 11) is 0. The van der Waals surface area contributed by atoms with Gasteiger partial charge in [0, 0.05) is 11.9 Å². The lowest BCUT2D eigenvalue weighted by molar-refractivity contribution is -0.117. The smallest absolute Gasteiger partial charge is 0.291 e. The number of benzene rings is 1. The van der Waals surface area contributed by atoms with Gasteiger partial charge >= 0.3 is 0 Å². The zero-order valence-corrected chi connectivity index (χ0v) is 14.3. The van der Waals surface area contributed by atoms with Crippen molar-refractivity contribution in [3.8, 4) is 0 Å². The molecule has 0 saturated carbocycles. The molecule has 1 amide bonds. The summed E-state index contributed by atoms with van der Waals surface area (Å²) < 4.78 is 2.92. The van der Waals surface area contributed by atoms with E-state index in [4.69, 9.17) is 0 Å². The SMILES string of the molecule is Cc1cc(C)c(NC(=O)Cn2nc(C)n3cccc3c2=O)c(C)c1. The van der Waals surface area contributed by atoms with Crippen molar-refractivity contribution >= 4 is 17.1 Å². The molecule has 1 aromatic carbocycles. The number of carbonyl (C=O) groups is 1. The standard InChI is InChI=1S/C18H20N4O2/c1-11-8-12(2)17(13(3)9-11)19-16(23)10-22-18(24)15-6-5-7-21(15)14(4)20-22/h5-9H,10H2,1-4H3,(H,19,23). The highest BCUT2D eigenvalue weighted by Crippen LogP contribution is 2.21. The molecule has 0 unspecified atom stereocenters. The van der Waals surface area contributed by atoms with Crippen molar-refractivity contribution in [2.45, 2.75) is 34.2 Å². The lowest BCUT2D eigenvalue weighted by Gasteiger charge is -2.13. The van der Waals surface area contributed by atoms with Crippen LogP contribution in [0.4, 0.5) is 5.69 Å². The summed E-state index contributed by atoms with van der Waals surface area (Å²) >= 11 is 0. The van der Waals surface area contributed by atoms with Crippen molar-refractivity contribution in [2.24, 2.45) is 0 Å². The Labute approximate surface area is 139 Å². The molecule has 0 fully saturated rings. The first-order chi connectivity index (χ1) is 11.4. The van der Waals surface area contributed by atoms with E-state index in [-0.39, 0.29) is 18.0 Å². The normalized spacial score (nSPS) is 11.0. The van der Waals surface area contributed by atoms with Crippen LogP contribution in [-0.4, -0.2) is 20.1 Å². The Hall–Kier alpha value is -2.89. The van der Waals surface area contributed by atoms with Crippen LogP contribution in [-0.2, 0) is 11.3 Å². The predicted molar refractivity (Wildman–Crippen MR) is 93.5 cm³/mol. The Kier molecular flexibility index (Phi) is 3.97. The molecule has 24 heavy (non-hydrogen) atoms. The van der Waals surface area contributed by atoms with Crippen LogP contribution in [0.25, 0.3) is 5.52 Å². The molecule has 0 radical (unpaired) electrons. The van der Waals surface area contributed by atoms with Crippen LogP contribution < -0.4 is 10.9 Å². The van der Waals surface area contributed by atoms with E-state index in [1.54, 1.807) is 29.7 Å². The van der Waals surface area contributed by atoms with Gasteiger partial charge in [0.25, 0.3) is 5.56 Å². The Bertz CT molecular complexity index is 975. The minimum Gasteiger partial charge on any atom is -0.324 e. The van der Waals surface area contributed by atoms with Gasteiger partial charge in [-0.25, -0.2) is 4.68 Å². The second-order valence-electron chi connectivity index (χ2n) is 6.10. The van der Waals surface area contributed by atoms with E-state index >= 15 is 0 Å². The molecule has 6 nitrogen and oxygen atoms in total. The van der Waals surface area contributed by atoms with Crippen LogP contribution in [0.5, 0.6) is 0 Å². The molecule has 124 valence electrons. The third-order valence-electron chi connectivity index (χ3n) is 4.05. The molecule has 3 rings (SSSR count). The molecular formula is C18H20N4O2. The molecule has 0 bridgehead atoms. The van der Waals surface area contributed by atoms with E-state index in [1.807, 2.05) is 32.9 Å². The van der Waals surface area contributed by atoms with E-state index in [1.165, 1.54) is 4.68 Å². The molecule has 0 spiro atoms. The van der Waals surface area contributed by atoms with Crippen LogP contribution in [0.2, 0.25) is 0 Å². The Balaban J connectivity index is 1.89. The van der Waals surface area contributed by atoms with E-state index in [2.05, 4.69) is 10.4 Å². The minimum absolute atomic E-state index is 0.117. The van der Waals surface area contributed by atoms with Crippen LogP contribution in [0, 0.1) is 27.7 Å². The van der Waals surface area contributed by atoms with Gasteiger partial charge in [-0.15, -0.1) is 0 Å². The Morgan fingerprint density at radius 2 is 1.83 bits per heavy atom. The van der Waals surface area contributed by atoms with Crippen LogP contribution in [0.1, 0.15) is 22.5 Å². The first-order valence-corrected chi connectivity index (χ1v) is 7.79. The number of anilines is 1. The largest absolute Gasteiger partial charge is 0.324 e. The topological polar surface area (TPSA) is 68.4 Å². The molecule has 1 N–H and O–H groups in total. The monoisotopic (exact) mass is 324 g/mol. The first kappa shape index (κ1) is 16.0. The number of aromatic nitrogens is 3. The number of carbonyl (C=O) groups excluding carboxylic acids is 1. The average Bonchev–Trinajstić information content (AvgIpc) is 2.98. The number of amides is 1. The minimum atomic E-state index is -0.280. The lowest BCUT2D eigenvalue weighted by atomic mass is 10.1. The van der Waals surface area contributed by atoms with E-state index < -0.39 is 0 Å². The maximum atomic E-state index is 12.4. The highest BCUT2D eigenvalue weighted by molar-refractivity contribution is 5.92. The fraction of sp³-hybridized carbons (Fsp3) is 0.278. The van der Waals surface area contributed by atoms with Crippen LogP contribution in [0.15, 0.2) is 35.3 Å². The molecule has 0 aliphatic carbocycles. The van der Waals surface area contributed by atoms with Gasteiger partial charge in [-0.1, -0.05) is 17.7 Å². The molecule has 2 heterocycles. The fourth-order valence-corrected chi connectivity index (χ4v) is 3.04. The van der Waals surface area contributed by atoms with Crippen LogP contribution >= 0.6 is 0 Å². The van der Waals surface area contributed by atoms with Gasteiger partial charge in [-0.3, -0.25) is 14.0 Å². The van der Waals surface area contributed by atoms with Gasteiger partial charge < -0.3 is 5.32 Å². The second kappa shape index (κ2) is 5.96.